The van der Waals surface area contributed by atoms with Crippen molar-refractivity contribution in [3.8, 4) is 0 Å². The van der Waals surface area contributed by atoms with Gasteiger partial charge in [0.05, 0.1) is 27.7 Å². The number of nitrogens with zero attached hydrogens (tertiary/aromatic N) is 1. The second kappa shape index (κ2) is 42.3. The molecule has 2 unspecified atom stereocenters. The summed E-state index contributed by atoms with van der Waals surface area (Å²) in [6, 6.07) is 0. The molecule has 350 valence electrons. The number of likely N-dealkylation sites (N-methyl/N-ethyl adjacent to an activating group) is 1. The van der Waals surface area contributed by atoms with E-state index in [2.05, 4.69) is 62.5 Å². The molecule has 0 saturated carbocycles. The Labute approximate surface area is 369 Å². The molecular weight excluding hydrogens is 774 g/mol. The average Bonchev–Trinajstić information content (AvgIpc) is 3.20. The molecule has 0 saturated heterocycles. The summed E-state index contributed by atoms with van der Waals surface area (Å²) in [6.45, 7) is 4.19. The van der Waals surface area contributed by atoms with Crippen LogP contribution in [0, 0.1) is 0 Å². The Bertz CT molecular complexity index is 1160. The Balaban J connectivity index is 4.33. The van der Waals surface area contributed by atoms with Crippen LogP contribution in [0.3, 0.4) is 0 Å². The van der Waals surface area contributed by atoms with Crippen LogP contribution in [-0.2, 0) is 32.7 Å². The molecule has 0 aliphatic rings. The highest BCUT2D eigenvalue weighted by Crippen LogP contribution is 2.38. The Hall–Kier alpha value is -2.03. The minimum atomic E-state index is -4.63. The first kappa shape index (κ1) is 58.0. The molecule has 0 aliphatic carbocycles. The maximum absolute atomic E-state index is 12.7. The number of phosphoric acid groups is 1. The summed E-state index contributed by atoms with van der Waals surface area (Å²) in [5, 5.41) is 0. The number of phosphoric ester groups is 1. The van der Waals surface area contributed by atoms with Crippen molar-refractivity contribution in [2.45, 2.75) is 213 Å². The third-order valence-corrected chi connectivity index (χ3v) is 11.3. The minimum absolute atomic E-state index is 0.0361. The lowest BCUT2D eigenvalue weighted by Gasteiger charge is -2.28. The van der Waals surface area contributed by atoms with Gasteiger partial charge in [0.15, 0.2) is 6.10 Å². The molecule has 0 rings (SSSR count). The van der Waals surface area contributed by atoms with E-state index in [0.29, 0.717) is 17.4 Å². The van der Waals surface area contributed by atoms with Crippen molar-refractivity contribution in [3.63, 3.8) is 0 Å². The molecule has 2 atom stereocenters. The largest absolute Gasteiger partial charge is 0.756 e. The number of unbranched alkanes of at least 4 members (excludes halogenated alkanes) is 22. The van der Waals surface area contributed by atoms with E-state index in [1.807, 2.05) is 21.1 Å². The summed E-state index contributed by atoms with van der Waals surface area (Å²) in [7, 11) is 1.15. The highest BCUT2D eigenvalue weighted by molar-refractivity contribution is 7.45. The van der Waals surface area contributed by atoms with Gasteiger partial charge in [-0.3, -0.25) is 14.2 Å². The van der Waals surface area contributed by atoms with Gasteiger partial charge in [0.1, 0.15) is 19.8 Å². The average molecular weight is 866 g/mol. The topological polar surface area (TPSA) is 111 Å². The lowest BCUT2D eigenvalue weighted by molar-refractivity contribution is -0.870. The van der Waals surface area contributed by atoms with E-state index < -0.39 is 32.5 Å². The maximum Gasteiger partial charge on any atom is 0.306 e. The van der Waals surface area contributed by atoms with Crippen molar-refractivity contribution >= 4 is 19.8 Å². The lowest BCUT2D eigenvalue weighted by Crippen LogP contribution is -2.37. The molecule has 0 bridgehead atoms. The van der Waals surface area contributed by atoms with Gasteiger partial charge in [0, 0.05) is 12.8 Å². The second-order valence-corrected chi connectivity index (χ2v) is 18.9. The Morgan fingerprint density at radius 1 is 0.517 bits per heavy atom. The van der Waals surface area contributed by atoms with Crippen molar-refractivity contribution in [2.24, 2.45) is 0 Å². The van der Waals surface area contributed by atoms with E-state index in [0.717, 1.165) is 89.9 Å². The normalized spacial score (nSPS) is 13.9. The van der Waals surface area contributed by atoms with Crippen LogP contribution in [0.2, 0.25) is 0 Å². The molecule has 0 spiro atoms. The van der Waals surface area contributed by atoms with Gasteiger partial charge >= 0.3 is 11.9 Å². The molecule has 0 aromatic rings. The molecule has 0 amide bonds. The number of hydrogen-bond donors (Lipinski definition) is 0. The molecular formula is C50H92NO8P. The van der Waals surface area contributed by atoms with Crippen molar-refractivity contribution in [1.82, 2.24) is 0 Å². The van der Waals surface area contributed by atoms with Crippen LogP contribution in [0.15, 0.2) is 48.6 Å². The van der Waals surface area contributed by atoms with Crippen LogP contribution in [0.4, 0.5) is 0 Å². The Morgan fingerprint density at radius 3 is 1.35 bits per heavy atom. The molecule has 10 heteroatoms. The van der Waals surface area contributed by atoms with Gasteiger partial charge in [-0.15, -0.1) is 0 Å². The fraction of sp³-hybridized carbons (Fsp3) is 0.800. The zero-order chi connectivity index (χ0) is 44.3. The molecule has 0 aromatic carbocycles. The summed E-state index contributed by atoms with van der Waals surface area (Å²) < 4.78 is 34.0. The van der Waals surface area contributed by atoms with Crippen molar-refractivity contribution in [2.75, 3.05) is 47.5 Å². The Kier molecular flexibility index (Phi) is 40.8. The van der Waals surface area contributed by atoms with Crippen LogP contribution in [0.5, 0.6) is 0 Å². The molecule has 0 heterocycles. The van der Waals surface area contributed by atoms with Gasteiger partial charge in [0.2, 0.25) is 0 Å². The van der Waals surface area contributed by atoms with Gasteiger partial charge in [-0.25, -0.2) is 0 Å². The number of rotatable bonds is 44. The Morgan fingerprint density at radius 2 is 0.900 bits per heavy atom. The van der Waals surface area contributed by atoms with Crippen LogP contribution in [0.1, 0.15) is 206 Å². The van der Waals surface area contributed by atoms with E-state index in [4.69, 9.17) is 18.5 Å². The number of esters is 2. The predicted octanol–water partition coefficient (Wildman–Crippen LogP) is 13.6. The number of quaternary nitrogens is 1. The first-order chi connectivity index (χ1) is 29.0. The highest BCUT2D eigenvalue weighted by Gasteiger charge is 2.21. The fourth-order valence-corrected chi connectivity index (χ4v) is 7.21. The van der Waals surface area contributed by atoms with Crippen LogP contribution >= 0.6 is 7.82 Å². The zero-order valence-corrected chi connectivity index (χ0v) is 40.3. The van der Waals surface area contributed by atoms with Gasteiger partial charge in [-0.1, -0.05) is 165 Å². The molecule has 0 aliphatic heterocycles. The minimum Gasteiger partial charge on any atom is -0.756 e. The monoisotopic (exact) mass is 866 g/mol. The van der Waals surface area contributed by atoms with E-state index in [1.54, 1.807) is 0 Å². The smallest absolute Gasteiger partial charge is 0.306 e. The number of allylic oxidation sites excluding steroid dienone is 8. The van der Waals surface area contributed by atoms with Gasteiger partial charge in [0.25, 0.3) is 7.82 Å². The highest BCUT2D eigenvalue weighted by atomic mass is 31.2. The first-order valence-electron chi connectivity index (χ1n) is 24.3. The fourth-order valence-electron chi connectivity index (χ4n) is 6.48. The summed E-state index contributed by atoms with van der Waals surface area (Å²) in [6.07, 6.45) is 49.9. The molecule has 9 nitrogen and oxygen atoms in total. The summed E-state index contributed by atoms with van der Waals surface area (Å²) in [5.41, 5.74) is 0. The molecule has 0 N–H and O–H groups in total. The second-order valence-electron chi connectivity index (χ2n) is 17.5. The van der Waals surface area contributed by atoms with Crippen LogP contribution < -0.4 is 4.89 Å². The lowest BCUT2D eigenvalue weighted by atomic mass is 10.1. The molecule has 0 aromatic heterocycles. The summed E-state index contributed by atoms with van der Waals surface area (Å²) in [4.78, 5) is 37.6. The first-order valence-corrected chi connectivity index (χ1v) is 25.8. The third kappa shape index (κ3) is 45.5. The van der Waals surface area contributed by atoms with E-state index in [-0.39, 0.29) is 26.1 Å². The third-order valence-electron chi connectivity index (χ3n) is 10.3. The summed E-state index contributed by atoms with van der Waals surface area (Å²) >= 11 is 0. The van der Waals surface area contributed by atoms with Crippen molar-refractivity contribution < 1.29 is 42.1 Å². The van der Waals surface area contributed by atoms with E-state index in [1.165, 1.54) is 83.5 Å². The van der Waals surface area contributed by atoms with E-state index >= 15 is 0 Å². The number of carbonyl (C=O) groups excluding carboxylic acids is 2. The van der Waals surface area contributed by atoms with Crippen molar-refractivity contribution in [1.29, 1.82) is 0 Å². The van der Waals surface area contributed by atoms with Crippen LogP contribution in [-0.4, -0.2) is 70.0 Å². The molecule has 0 radical (unpaired) electrons. The van der Waals surface area contributed by atoms with Gasteiger partial charge in [-0.2, -0.15) is 0 Å². The number of carbonyl (C=O) groups is 2. The van der Waals surface area contributed by atoms with Crippen LogP contribution in [0.25, 0.3) is 0 Å². The SMILES string of the molecule is CCCCCCC/C=C\C/C=C\C/C=C\CCCCCCCCC(=O)OC(COC(=O)CCCCCCC/C=C\CCCCCCCC)COP(=O)([O-])OCC[N+](C)(C)C. The van der Waals surface area contributed by atoms with E-state index in [9.17, 15) is 19.0 Å². The predicted molar refractivity (Wildman–Crippen MR) is 250 cm³/mol. The molecule has 0 fully saturated rings. The maximum atomic E-state index is 12.7. The standard InChI is InChI=1S/C50H92NO8P/c1-6-8-10-12-14-16-18-20-22-23-24-25-26-27-29-31-33-35-37-39-41-43-50(53)59-48(47-58-60(54,55)57-45-44-51(3,4)5)46-56-49(52)42-40-38-36-34-32-30-28-21-19-17-15-13-11-9-7-2/h18,20-21,23-24,26-28,48H,6-17,19,22,25,29-47H2,1-5H3/b20-18-,24-23-,27-26-,28-21-. The van der Waals surface area contributed by atoms with Gasteiger partial charge < -0.3 is 27.9 Å². The summed E-state index contributed by atoms with van der Waals surface area (Å²) in [5.74, 6) is -0.857. The van der Waals surface area contributed by atoms with Crippen molar-refractivity contribution in [3.05, 3.63) is 48.6 Å². The quantitative estimate of drug-likeness (QED) is 0.0196. The number of hydrogen-bond acceptors (Lipinski definition) is 8. The van der Waals surface area contributed by atoms with Gasteiger partial charge in [-0.05, 0) is 77.0 Å². The zero-order valence-electron chi connectivity index (χ0n) is 39.4. The number of ether oxygens (including phenoxy) is 2. The molecule has 60 heavy (non-hydrogen) atoms.